The number of hydrogen-bond donors (Lipinski definition) is 1. The third kappa shape index (κ3) is 4.26. The first-order chi connectivity index (χ1) is 14.1. The third-order valence-corrected chi connectivity index (χ3v) is 4.71. The molecule has 0 unspecified atom stereocenters. The number of para-hydroxylation sites is 1. The molecule has 4 rings (SSSR count). The highest BCUT2D eigenvalue weighted by Gasteiger charge is 2.13. The van der Waals surface area contributed by atoms with Gasteiger partial charge in [-0.15, -0.1) is 0 Å². The lowest BCUT2D eigenvalue weighted by Gasteiger charge is -2.07. The Hall–Kier alpha value is -3.69. The molecule has 29 heavy (non-hydrogen) atoms. The summed E-state index contributed by atoms with van der Waals surface area (Å²) >= 11 is 3.44. The molecule has 1 amide bonds. The van der Waals surface area contributed by atoms with Crippen molar-refractivity contribution in [2.24, 2.45) is 4.99 Å². The summed E-state index contributed by atoms with van der Waals surface area (Å²) in [5, 5.41) is 12.6. The van der Waals surface area contributed by atoms with Gasteiger partial charge in [0.15, 0.2) is 0 Å². The summed E-state index contributed by atoms with van der Waals surface area (Å²) in [4.78, 5) is 17.5. The summed E-state index contributed by atoms with van der Waals surface area (Å²) in [5.74, 6) is -0.325. The molecule has 0 radical (unpaired) electrons. The molecule has 0 spiro atoms. The average molecular weight is 444 g/mol. The number of halogens is 1. The SMILES string of the molecule is N#Cc1ccc(N=c2oc3ccc(Br)cc3cc2C(=O)Nc2ccccc2)cc1. The van der Waals surface area contributed by atoms with Crippen molar-refractivity contribution in [1.82, 2.24) is 0 Å². The fourth-order valence-corrected chi connectivity index (χ4v) is 3.17. The van der Waals surface area contributed by atoms with E-state index in [9.17, 15) is 4.79 Å². The molecule has 6 heteroatoms. The number of hydrogen-bond acceptors (Lipinski definition) is 4. The number of amides is 1. The molecule has 0 aliphatic heterocycles. The molecule has 1 N–H and O–H groups in total. The van der Waals surface area contributed by atoms with E-state index < -0.39 is 0 Å². The molecular weight excluding hydrogens is 430 g/mol. The maximum atomic E-state index is 13.0. The number of rotatable bonds is 3. The molecule has 4 aromatic rings. The molecule has 3 aromatic carbocycles. The van der Waals surface area contributed by atoms with Crippen LogP contribution in [0.4, 0.5) is 11.4 Å². The largest absolute Gasteiger partial charge is 0.438 e. The number of nitrogens with zero attached hydrogens (tertiary/aromatic N) is 2. The molecule has 0 fully saturated rings. The van der Waals surface area contributed by atoms with Crippen molar-refractivity contribution in [3.05, 3.63) is 100 Å². The minimum atomic E-state index is -0.325. The molecule has 1 aromatic heterocycles. The highest BCUT2D eigenvalue weighted by atomic mass is 79.9. The standard InChI is InChI=1S/C23H14BrN3O2/c24-17-8-11-21-16(12-17)13-20(22(28)26-18-4-2-1-3-5-18)23(29-21)27-19-9-6-15(14-25)7-10-19/h1-13H,(H,26,28). The highest BCUT2D eigenvalue weighted by Crippen LogP contribution is 2.21. The summed E-state index contributed by atoms with van der Waals surface area (Å²) in [6.07, 6.45) is 0. The molecule has 0 aliphatic carbocycles. The van der Waals surface area contributed by atoms with Crippen molar-refractivity contribution in [2.45, 2.75) is 0 Å². The second-order valence-corrected chi connectivity index (χ2v) is 7.15. The maximum Gasteiger partial charge on any atom is 0.261 e. The predicted octanol–water partition coefficient (Wildman–Crippen LogP) is 5.55. The predicted molar refractivity (Wildman–Crippen MR) is 115 cm³/mol. The van der Waals surface area contributed by atoms with Crippen LogP contribution in [0.15, 0.2) is 92.7 Å². The van der Waals surface area contributed by atoms with Crippen molar-refractivity contribution >= 4 is 44.2 Å². The highest BCUT2D eigenvalue weighted by molar-refractivity contribution is 9.10. The molecule has 0 saturated heterocycles. The normalized spacial score (nSPS) is 11.2. The Labute approximate surface area is 175 Å². The summed E-state index contributed by atoms with van der Waals surface area (Å²) in [7, 11) is 0. The van der Waals surface area contributed by atoms with Crippen LogP contribution in [-0.4, -0.2) is 5.91 Å². The van der Waals surface area contributed by atoms with E-state index in [4.69, 9.17) is 9.68 Å². The van der Waals surface area contributed by atoms with Crippen molar-refractivity contribution in [2.75, 3.05) is 5.32 Å². The van der Waals surface area contributed by atoms with E-state index in [0.29, 0.717) is 28.1 Å². The first kappa shape index (κ1) is 18.7. The Balaban J connectivity index is 1.85. The van der Waals surface area contributed by atoms with Gasteiger partial charge in [0.1, 0.15) is 11.1 Å². The topological polar surface area (TPSA) is 78.4 Å². The zero-order valence-corrected chi connectivity index (χ0v) is 16.7. The van der Waals surface area contributed by atoms with Gasteiger partial charge in [0.2, 0.25) is 5.55 Å². The van der Waals surface area contributed by atoms with Gasteiger partial charge in [-0.05, 0) is 60.7 Å². The number of benzene rings is 3. The lowest BCUT2D eigenvalue weighted by molar-refractivity contribution is 0.102. The summed E-state index contributed by atoms with van der Waals surface area (Å²) in [5.41, 5.74) is 2.90. The minimum Gasteiger partial charge on any atom is -0.438 e. The van der Waals surface area contributed by atoms with Gasteiger partial charge in [0.25, 0.3) is 5.91 Å². The van der Waals surface area contributed by atoms with Crippen LogP contribution in [0.2, 0.25) is 0 Å². The molecule has 0 atom stereocenters. The van der Waals surface area contributed by atoms with E-state index in [1.54, 1.807) is 30.3 Å². The van der Waals surface area contributed by atoms with Crippen LogP contribution in [0.3, 0.4) is 0 Å². The fraction of sp³-hybridized carbons (Fsp3) is 0. The minimum absolute atomic E-state index is 0.193. The van der Waals surface area contributed by atoms with Gasteiger partial charge in [-0.25, -0.2) is 4.99 Å². The van der Waals surface area contributed by atoms with Crippen molar-refractivity contribution in [3.8, 4) is 6.07 Å². The smallest absolute Gasteiger partial charge is 0.261 e. The van der Waals surface area contributed by atoms with E-state index >= 15 is 0 Å². The zero-order valence-electron chi connectivity index (χ0n) is 15.1. The second-order valence-electron chi connectivity index (χ2n) is 6.24. The molecule has 0 aliphatic rings. The molecule has 5 nitrogen and oxygen atoms in total. The van der Waals surface area contributed by atoms with E-state index in [2.05, 4.69) is 32.3 Å². The van der Waals surface area contributed by atoms with Crippen molar-refractivity contribution in [3.63, 3.8) is 0 Å². The summed E-state index contributed by atoms with van der Waals surface area (Å²) in [6.45, 7) is 0. The average Bonchev–Trinajstić information content (AvgIpc) is 2.74. The summed E-state index contributed by atoms with van der Waals surface area (Å²) < 4.78 is 6.83. The molecule has 140 valence electrons. The monoisotopic (exact) mass is 443 g/mol. The van der Waals surface area contributed by atoms with Gasteiger partial charge in [-0.1, -0.05) is 34.1 Å². The number of anilines is 1. The third-order valence-electron chi connectivity index (χ3n) is 4.21. The summed E-state index contributed by atoms with van der Waals surface area (Å²) in [6, 6.07) is 25.3. The second kappa shape index (κ2) is 8.13. The van der Waals surface area contributed by atoms with Crippen LogP contribution in [-0.2, 0) is 0 Å². The van der Waals surface area contributed by atoms with Crippen LogP contribution in [0, 0.1) is 11.3 Å². The van der Waals surface area contributed by atoms with Crippen LogP contribution in [0.5, 0.6) is 0 Å². The first-order valence-corrected chi connectivity index (χ1v) is 9.56. The van der Waals surface area contributed by atoms with Gasteiger partial charge in [0.05, 0.1) is 17.3 Å². The first-order valence-electron chi connectivity index (χ1n) is 8.77. The molecule has 0 bridgehead atoms. The lowest BCUT2D eigenvalue weighted by Crippen LogP contribution is -2.21. The van der Waals surface area contributed by atoms with Gasteiger partial charge in [-0.3, -0.25) is 4.79 Å². The molecule has 1 heterocycles. The van der Waals surface area contributed by atoms with Gasteiger partial charge in [-0.2, -0.15) is 5.26 Å². The van der Waals surface area contributed by atoms with E-state index in [1.165, 1.54) is 0 Å². The van der Waals surface area contributed by atoms with Gasteiger partial charge >= 0.3 is 0 Å². The maximum absolute atomic E-state index is 13.0. The van der Waals surface area contributed by atoms with Crippen molar-refractivity contribution in [1.29, 1.82) is 5.26 Å². The lowest BCUT2D eigenvalue weighted by atomic mass is 10.1. The number of carbonyl (C=O) groups excluding carboxylic acids is 1. The van der Waals surface area contributed by atoms with Crippen LogP contribution in [0.1, 0.15) is 15.9 Å². The van der Waals surface area contributed by atoms with Crippen LogP contribution in [0.25, 0.3) is 11.0 Å². The number of nitrogens with one attached hydrogen (secondary N) is 1. The number of carbonyl (C=O) groups is 1. The molecular formula is C23H14BrN3O2. The van der Waals surface area contributed by atoms with Crippen LogP contribution >= 0.6 is 15.9 Å². The van der Waals surface area contributed by atoms with Crippen molar-refractivity contribution < 1.29 is 9.21 Å². The Kier molecular flexibility index (Phi) is 5.23. The Bertz CT molecular complexity index is 1300. The van der Waals surface area contributed by atoms with E-state index in [-0.39, 0.29) is 11.5 Å². The number of nitriles is 1. The van der Waals surface area contributed by atoms with E-state index in [0.717, 1.165) is 9.86 Å². The Morgan fingerprint density at radius 2 is 1.76 bits per heavy atom. The molecule has 0 saturated carbocycles. The van der Waals surface area contributed by atoms with Crippen LogP contribution < -0.4 is 10.9 Å². The zero-order chi connectivity index (χ0) is 20.2. The number of fused-ring (bicyclic) bond motifs is 1. The van der Waals surface area contributed by atoms with Gasteiger partial charge < -0.3 is 9.73 Å². The Morgan fingerprint density at radius 3 is 2.48 bits per heavy atom. The van der Waals surface area contributed by atoms with Gasteiger partial charge in [0, 0.05) is 15.5 Å². The Morgan fingerprint density at radius 1 is 1.00 bits per heavy atom. The quantitative estimate of drug-likeness (QED) is 0.450. The van der Waals surface area contributed by atoms with E-state index in [1.807, 2.05) is 48.5 Å². The fourth-order valence-electron chi connectivity index (χ4n) is 2.79.